The summed E-state index contributed by atoms with van der Waals surface area (Å²) in [5.74, 6) is 1.65. The highest BCUT2D eigenvalue weighted by atomic mass is 15.2. The second-order valence-electron chi connectivity index (χ2n) is 17.8. The zero-order valence-electron chi connectivity index (χ0n) is 36.0. The summed E-state index contributed by atoms with van der Waals surface area (Å²) in [5.41, 5.74) is 20.9. The molecule has 0 radical (unpaired) electrons. The molecule has 4 aliphatic carbocycles. The van der Waals surface area contributed by atoms with Crippen LogP contribution in [0.2, 0.25) is 0 Å². The molecule has 1 spiro atoms. The predicted molar refractivity (Wildman–Crippen MR) is 270 cm³/mol. The molecule has 308 valence electrons. The van der Waals surface area contributed by atoms with Gasteiger partial charge in [0.2, 0.25) is 0 Å². The number of nitrogens with zero attached hydrogens (tertiary/aromatic N) is 2. The molecular formula is C62H45N3. The van der Waals surface area contributed by atoms with Gasteiger partial charge in [-0.1, -0.05) is 200 Å². The molecule has 8 aromatic rings. The highest BCUT2D eigenvalue weighted by Gasteiger charge is 2.51. The number of aliphatic imine (C=N–C) groups is 2. The molecule has 5 aliphatic rings. The second kappa shape index (κ2) is 15.1. The van der Waals surface area contributed by atoms with Crippen molar-refractivity contribution in [2.45, 2.75) is 37.3 Å². The van der Waals surface area contributed by atoms with Gasteiger partial charge in [-0.05, 0) is 138 Å². The number of fused-ring (bicyclic) bond motifs is 11. The third-order valence-corrected chi connectivity index (χ3v) is 14.3. The van der Waals surface area contributed by atoms with Crippen LogP contribution in [0, 0.1) is 0 Å². The van der Waals surface area contributed by atoms with Crippen molar-refractivity contribution in [1.29, 1.82) is 0 Å². The van der Waals surface area contributed by atoms with Crippen molar-refractivity contribution in [3.8, 4) is 44.5 Å². The van der Waals surface area contributed by atoms with Gasteiger partial charge >= 0.3 is 0 Å². The number of hydrogen-bond donors (Lipinski definition) is 1. The van der Waals surface area contributed by atoms with E-state index in [4.69, 9.17) is 9.98 Å². The number of hydrogen-bond acceptors (Lipinski definition) is 3. The molecular weight excluding hydrogens is 787 g/mol. The number of rotatable bonds is 6. The zero-order valence-corrected chi connectivity index (χ0v) is 36.0. The van der Waals surface area contributed by atoms with E-state index in [2.05, 4.69) is 218 Å². The highest BCUT2D eigenvalue weighted by molar-refractivity contribution is 6.13. The van der Waals surface area contributed by atoms with Crippen LogP contribution in [0.25, 0.3) is 60.9 Å². The Labute approximate surface area is 380 Å². The number of nitrogens with one attached hydrogen (secondary N) is 1. The van der Waals surface area contributed by atoms with Crippen LogP contribution in [0.4, 0.5) is 0 Å². The summed E-state index contributed by atoms with van der Waals surface area (Å²) >= 11 is 0. The Kier molecular flexibility index (Phi) is 8.77. The Bertz CT molecular complexity index is 3400. The van der Waals surface area contributed by atoms with Crippen LogP contribution < -0.4 is 5.32 Å². The molecule has 13 rings (SSSR count). The number of amidine groups is 2. The first-order valence-corrected chi connectivity index (χ1v) is 23.1. The van der Waals surface area contributed by atoms with E-state index in [0.717, 1.165) is 48.5 Å². The minimum atomic E-state index is -0.405. The smallest absolute Gasteiger partial charge is 0.155 e. The van der Waals surface area contributed by atoms with Crippen LogP contribution in [-0.2, 0) is 5.41 Å². The maximum atomic E-state index is 5.29. The molecule has 0 saturated carbocycles. The lowest BCUT2D eigenvalue weighted by Crippen LogP contribution is -2.33. The minimum absolute atomic E-state index is 0.297. The zero-order chi connectivity index (χ0) is 42.9. The van der Waals surface area contributed by atoms with E-state index in [0.29, 0.717) is 0 Å². The summed E-state index contributed by atoms with van der Waals surface area (Å²) in [4.78, 5) is 10.5. The van der Waals surface area contributed by atoms with E-state index in [1.807, 2.05) is 0 Å². The van der Waals surface area contributed by atoms with Gasteiger partial charge in [-0.3, -0.25) is 0 Å². The van der Waals surface area contributed by atoms with Crippen molar-refractivity contribution >= 4 is 28.0 Å². The molecule has 0 fully saturated rings. The number of allylic oxidation sites excluding steroid dienone is 7. The summed E-state index contributed by atoms with van der Waals surface area (Å²) < 4.78 is 0. The molecule has 3 heteroatoms. The topological polar surface area (TPSA) is 36.8 Å². The SMILES string of the molecule is C1=CCCC(C2=NC(c3ccc(-c4c(-c5ccc6c(c5)C5(c7ccccc7-c7ccccc75)c5ccccc5-6)ccc5ccccc45)cc3)NC(c3cccc(C4=CCCC=C4)c3)=N2)=C1. The number of benzene rings is 8. The van der Waals surface area contributed by atoms with Gasteiger partial charge in [-0.2, -0.15) is 0 Å². The van der Waals surface area contributed by atoms with E-state index in [1.54, 1.807) is 0 Å². The highest BCUT2D eigenvalue weighted by Crippen LogP contribution is 2.63. The fourth-order valence-corrected chi connectivity index (χ4v) is 11.3. The average Bonchev–Trinajstić information content (AvgIpc) is 3.86. The summed E-state index contributed by atoms with van der Waals surface area (Å²) in [5, 5.41) is 6.22. The van der Waals surface area contributed by atoms with E-state index >= 15 is 0 Å². The van der Waals surface area contributed by atoms with E-state index < -0.39 is 5.41 Å². The third kappa shape index (κ3) is 5.96. The summed E-state index contributed by atoms with van der Waals surface area (Å²) in [6.45, 7) is 0. The normalized spacial score (nSPS) is 17.3. The van der Waals surface area contributed by atoms with Crippen LogP contribution in [-0.4, -0.2) is 11.7 Å². The predicted octanol–water partition coefficient (Wildman–Crippen LogP) is 15.0. The van der Waals surface area contributed by atoms with Crippen LogP contribution in [0.5, 0.6) is 0 Å². The van der Waals surface area contributed by atoms with Gasteiger partial charge in [0.1, 0.15) is 12.0 Å². The second-order valence-corrected chi connectivity index (χ2v) is 17.8. The summed E-state index contributed by atoms with van der Waals surface area (Å²) in [6.07, 6.45) is 17.2. The lowest BCUT2D eigenvalue weighted by atomic mass is 9.70. The van der Waals surface area contributed by atoms with Crippen molar-refractivity contribution in [1.82, 2.24) is 5.32 Å². The Hall–Kier alpha value is -7.88. The lowest BCUT2D eigenvalue weighted by molar-refractivity contribution is 0.673. The maximum Gasteiger partial charge on any atom is 0.155 e. The van der Waals surface area contributed by atoms with Crippen molar-refractivity contribution in [3.05, 3.63) is 257 Å². The van der Waals surface area contributed by atoms with E-state index in [9.17, 15) is 0 Å². The van der Waals surface area contributed by atoms with Crippen molar-refractivity contribution in [2.24, 2.45) is 9.98 Å². The lowest BCUT2D eigenvalue weighted by Gasteiger charge is -2.30. The van der Waals surface area contributed by atoms with E-state index in [-0.39, 0.29) is 6.17 Å². The van der Waals surface area contributed by atoms with Crippen LogP contribution in [0.15, 0.2) is 228 Å². The molecule has 1 aliphatic heterocycles. The van der Waals surface area contributed by atoms with Crippen molar-refractivity contribution in [3.63, 3.8) is 0 Å². The quantitative estimate of drug-likeness (QED) is 0.178. The molecule has 1 atom stereocenters. The van der Waals surface area contributed by atoms with Crippen molar-refractivity contribution < 1.29 is 0 Å². The van der Waals surface area contributed by atoms with Crippen LogP contribution in [0.1, 0.15) is 70.8 Å². The molecule has 8 aromatic carbocycles. The monoisotopic (exact) mass is 831 g/mol. The molecule has 0 saturated heterocycles. The van der Waals surface area contributed by atoms with Gasteiger partial charge in [-0.25, -0.2) is 9.98 Å². The third-order valence-electron chi connectivity index (χ3n) is 14.3. The molecule has 0 aromatic heterocycles. The largest absolute Gasteiger partial charge is 0.344 e. The summed E-state index contributed by atoms with van der Waals surface area (Å²) in [6, 6.07) is 65.7. The van der Waals surface area contributed by atoms with Gasteiger partial charge in [-0.15, -0.1) is 0 Å². The minimum Gasteiger partial charge on any atom is -0.344 e. The molecule has 3 nitrogen and oxygen atoms in total. The average molecular weight is 832 g/mol. The maximum absolute atomic E-state index is 5.29. The van der Waals surface area contributed by atoms with Crippen LogP contribution in [0.3, 0.4) is 0 Å². The molecule has 1 heterocycles. The summed E-state index contributed by atoms with van der Waals surface area (Å²) in [7, 11) is 0. The van der Waals surface area contributed by atoms with Gasteiger partial charge in [0.15, 0.2) is 5.84 Å². The Morgan fingerprint density at radius 1 is 0.508 bits per heavy atom. The van der Waals surface area contributed by atoms with Gasteiger partial charge < -0.3 is 5.32 Å². The fraction of sp³-hybridized carbons (Fsp3) is 0.0968. The molecule has 0 amide bonds. The fourth-order valence-electron chi connectivity index (χ4n) is 11.3. The van der Waals surface area contributed by atoms with Crippen molar-refractivity contribution in [2.75, 3.05) is 0 Å². The Morgan fingerprint density at radius 2 is 1.18 bits per heavy atom. The standard InChI is InChI=1S/C62H45N3/c1-3-16-40(17-4-1)45-21-15-22-47(38-45)61-64-59(43-19-5-2-6-20-43)63-60(65-61)44-32-30-42(31-33-44)58-48-23-8-7-18-41(48)34-36-49(58)46-35-37-53-52-26-11-14-29-56(52)62(57(53)39-46)54-27-12-9-24-50(54)51-25-10-13-28-55(51)62/h2-3,5,7-19,21-39,60H,1,4,6,20H2,(H,63,64,65). The molecule has 1 N–H and O–H groups in total. The van der Waals surface area contributed by atoms with Gasteiger partial charge in [0.25, 0.3) is 0 Å². The van der Waals surface area contributed by atoms with Crippen LogP contribution >= 0.6 is 0 Å². The van der Waals surface area contributed by atoms with Gasteiger partial charge in [0.05, 0.1) is 5.41 Å². The first-order chi connectivity index (χ1) is 32.2. The molecule has 1 unspecified atom stereocenters. The van der Waals surface area contributed by atoms with E-state index in [1.165, 1.54) is 94.2 Å². The first-order valence-electron chi connectivity index (χ1n) is 23.1. The Balaban J connectivity index is 0.924. The molecule has 0 bridgehead atoms. The van der Waals surface area contributed by atoms with Gasteiger partial charge in [0, 0.05) is 5.56 Å². The molecule has 65 heavy (non-hydrogen) atoms. The first kappa shape index (κ1) is 37.7. The Morgan fingerprint density at radius 3 is 1.91 bits per heavy atom.